The monoisotopic (exact) mass is 408 g/mol. The first-order valence-electron chi connectivity index (χ1n) is 8.04. The molecule has 25 heavy (non-hydrogen) atoms. The number of hydrogen-bond acceptors (Lipinski definition) is 4. The van der Waals surface area contributed by atoms with Crippen molar-refractivity contribution in [2.75, 3.05) is 12.3 Å². The van der Waals surface area contributed by atoms with Crippen LogP contribution in [0.3, 0.4) is 0 Å². The van der Waals surface area contributed by atoms with Gasteiger partial charge in [0.2, 0.25) is 0 Å². The number of H-pyrrole nitrogens is 1. The van der Waals surface area contributed by atoms with Gasteiger partial charge in [-0.3, -0.25) is 4.79 Å². The van der Waals surface area contributed by atoms with Crippen molar-refractivity contribution in [1.82, 2.24) is 5.32 Å². The zero-order valence-electron chi connectivity index (χ0n) is 14.0. The minimum atomic E-state index is -0.838. The first-order chi connectivity index (χ1) is 11.7. The van der Waals surface area contributed by atoms with Crippen LogP contribution in [-0.2, 0) is 9.53 Å². The van der Waals surface area contributed by atoms with Gasteiger partial charge in [-0.25, -0.2) is 4.79 Å². The van der Waals surface area contributed by atoms with Crippen LogP contribution >= 0.6 is 34.8 Å². The van der Waals surface area contributed by atoms with Gasteiger partial charge >= 0.3 is 11.7 Å². The molecular formula is C16H21Cl3N3O3+. The molecule has 2 rings (SSSR count). The summed E-state index contributed by atoms with van der Waals surface area (Å²) in [5.74, 6) is -0.265. The number of pyridine rings is 1. The number of halogens is 3. The number of rotatable bonds is 4. The highest BCUT2D eigenvalue weighted by Crippen LogP contribution is 2.32. The summed E-state index contributed by atoms with van der Waals surface area (Å²) < 4.78 is 5.00. The Bertz CT molecular complexity index is 684. The Morgan fingerprint density at radius 3 is 2.60 bits per heavy atom. The highest BCUT2D eigenvalue weighted by Gasteiger charge is 2.30. The third-order valence-electron chi connectivity index (χ3n) is 4.71. The summed E-state index contributed by atoms with van der Waals surface area (Å²) in [6.45, 7) is 3.88. The van der Waals surface area contributed by atoms with E-state index in [1.54, 1.807) is 0 Å². The molecule has 1 fully saturated rings. The van der Waals surface area contributed by atoms with Gasteiger partial charge in [-0.15, -0.1) is 0 Å². The third-order valence-corrected chi connectivity index (χ3v) is 5.88. The van der Waals surface area contributed by atoms with Crippen LogP contribution in [0.2, 0.25) is 15.2 Å². The van der Waals surface area contributed by atoms with Gasteiger partial charge in [-0.05, 0) is 29.9 Å². The van der Waals surface area contributed by atoms with E-state index in [9.17, 15) is 9.59 Å². The van der Waals surface area contributed by atoms with Crippen molar-refractivity contribution in [1.29, 1.82) is 0 Å². The number of esters is 1. The number of nitrogens with two attached hydrogens (primary N) is 1. The molecular weight excluding hydrogens is 389 g/mol. The van der Waals surface area contributed by atoms with Crippen LogP contribution in [0.1, 0.15) is 43.6 Å². The molecule has 1 aliphatic carbocycles. The van der Waals surface area contributed by atoms with Crippen molar-refractivity contribution in [3.05, 3.63) is 20.9 Å². The maximum Gasteiger partial charge on any atom is 0.405 e. The van der Waals surface area contributed by atoms with E-state index >= 15 is 0 Å². The molecule has 0 bridgehead atoms. The average Bonchev–Trinajstić information content (AvgIpc) is 2.58. The first kappa shape index (κ1) is 20.1. The molecule has 9 heteroatoms. The Labute approximate surface area is 161 Å². The summed E-state index contributed by atoms with van der Waals surface area (Å²) in [6, 6.07) is 0.0886. The lowest BCUT2D eigenvalue weighted by Gasteiger charge is -2.34. The van der Waals surface area contributed by atoms with Gasteiger partial charge in [0.05, 0.1) is 5.69 Å². The quantitative estimate of drug-likeness (QED) is 0.590. The fourth-order valence-electron chi connectivity index (χ4n) is 2.95. The molecule has 138 valence electrons. The zero-order chi connectivity index (χ0) is 18.7. The molecule has 0 aliphatic heterocycles. The van der Waals surface area contributed by atoms with Crippen molar-refractivity contribution < 1.29 is 19.3 Å². The fourth-order valence-corrected chi connectivity index (χ4v) is 3.55. The second kappa shape index (κ2) is 8.43. The number of nitrogen functional groups attached to an aromatic ring is 1. The minimum absolute atomic E-state index is 0.0152. The van der Waals surface area contributed by atoms with E-state index in [1.807, 2.05) is 0 Å². The molecule has 3 atom stereocenters. The maximum atomic E-state index is 12.1. The molecule has 1 saturated carbocycles. The molecule has 0 radical (unpaired) electrons. The van der Waals surface area contributed by atoms with E-state index in [-0.39, 0.29) is 38.5 Å². The van der Waals surface area contributed by atoms with Crippen LogP contribution in [0.4, 0.5) is 5.69 Å². The minimum Gasteiger partial charge on any atom is -0.448 e. The standard InChI is InChI=1S/C16H20Cl3N3O3/c1-7-4-3-5-9(8(7)2)21-10(23)6-25-16(24)14-11(17)13(20)12(18)15(19)22-14/h7-9H,3-6H2,1-2H3,(H2,20,22)(H,21,23)/p+1/t7-,8-,9+/m1/s1. The average molecular weight is 410 g/mol. The number of carbonyl (C=O) groups is 2. The van der Waals surface area contributed by atoms with Crippen LogP contribution in [0.15, 0.2) is 0 Å². The predicted octanol–water partition coefficient (Wildman–Crippen LogP) is 3.14. The zero-order valence-corrected chi connectivity index (χ0v) is 16.3. The van der Waals surface area contributed by atoms with E-state index in [0.717, 1.165) is 19.3 Å². The van der Waals surface area contributed by atoms with E-state index < -0.39 is 12.6 Å². The van der Waals surface area contributed by atoms with E-state index in [4.69, 9.17) is 45.3 Å². The second-order valence-electron chi connectivity index (χ2n) is 6.37. The summed E-state index contributed by atoms with van der Waals surface area (Å²) >= 11 is 17.6. The van der Waals surface area contributed by atoms with Crippen molar-refractivity contribution >= 4 is 52.4 Å². The van der Waals surface area contributed by atoms with Gasteiger partial charge in [-0.1, -0.05) is 49.9 Å². The highest BCUT2D eigenvalue weighted by molar-refractivity contribution is 6.45. The van der Waals surface area contributed by atoms with E-state index in [1.165, 1.54) is 0 Å². The number of hydrogen-bond donors (Lipinski definition) is 2. The van der Waals surface area contributed by atoms with Gasteiger partial charge < -0.3 is 15.8 Å². The van der Waals surface area contributed by atoms with Gasteiger partial charge in [0.25, 0.3) is 11.1 Å². The molecule has 1 amide bonds. The number of aromatic amines is 1. The Hall–Kier alpha value is -1.24. The number of carbonyl (C=O) groups excluding carboxylic acids is 2. The summed E-state index contributed by atoms with van der Waals surface area (Å²) in [5.41, 5.74) is 5.49. The van der Waals surface area contributed by atoms with Crippen LogP contribution < -0.4 is 16.0 Å². The molecule has 1 aromatic rings. The van der Waals surface area contributed by atoms with Gasteiger partial charge in [0.1, 0.15) is 10.0 Å². The molecule has 1 heterocycles. The van der Waals surface area contributed by atoms with Crippen molar-refractivity contribution in [3.63, 3.8) is 0 Å². The van der Waals surface area contributed by atoms with Crippen LogP contribution in [-0.4, -0.2) is 24.5 Å². The van der Waals surface area contributed by atoms with Crippen LogP contribution in [0.5, 0.6) is 0 Å². The second-order valence-corrected chi connectivity index (χ2v) is 7.51. The molecule has 0 unspecified atom stereocenters. The predicted molar refractivity (Wildman–Crippen MR) is 96.8 cm³/mol. The molecule has 6 nitrogen and oxygen atoms in total. The Balaban J connectivity index is 1.95. The van der Waals surface area contributed by atoms with E-state index in [2.05, 4.69) is 24.1 Å². The maximum absolute atomic E-state index is 12.1. The normalized spacial score (nSPS) is 23.2. The lowest BCUT2D eigenvalue weighted by atomic mass is 9.78. The Morgan fingerprint density at radius 1 is 1.24 bits per heavy atom. The molecule has 0 aromatic carbocycles. The lowest BCUT2D eigenvalue weighted by Crippen LogP contribution is -2.45. The van der Waals surface area contributed by atoms with Crippen molar-refractivity contribution in [2.45, 2.75) is 39.2 Å². The van der Waals surface area contributed by atoms with E-state index in [0.29, 0.717) is 11.8 Å². The fraction of sp³-hybridized carbons (Fsp3) is 0.562. The number of anilines is 1. The lowest BCUT2D eigenvalue weighted by molar-refractivity contribution is -0.380. The molecule has 1 aliphatic rings. The summed E-state index contributed by atoms with van der Waals surface area (Å²) in [7, 11) is 0. The topological polar surface area (TPSA) is 95.6 Å². The smallest absolute Gasteiger partial charge is 0.405 e. The van der Waals surface area contributed by atoms with Crippen molar-refractivity contribution in [3.8, 4) is 0 Å². The molecule has 4 N–H and O–H groups in total. The van der Waals surface area contributed by atoms with Crippen LogP contribution in [0.25, 0.3) is 0 Å². The molecule has 0 saturated heterocycles. The molecule has 0 spiro atoms. The summed E-state index contributed by atoms with van der Waals surface area (Å²) in [4.78, 5) is 26.7. The van der Waals surface area contributed by atoms with Crippen molar-refractivity contribution in [2.24, 2.45) is 11.8 Å². The highest BCUT2D eigenvalue weighted by atomic mass is 35.5. The number of amides is 1. The third kappa shape index (κ3) is 4.68. The molecule has 1 aromatic heterocycles. The number of ether oxygens (including phenoxy) is 1. The largest absolute Gasteiger partial charge is 0.448 e. The van der Waals surface area contributed by atoms with Gasteiger partial charge in [-0.2, -0.15) is 4.98 Å². The Morgan fingerprint density at radius 2 is 1.92 bits per heavy atom. The SMILES string of the molecule is C[C@@H]1[C@H](C)CCC[C@@H]1NC(=O)COC(=O)c1[nH+]c(Cl)c(Cl)c(N)c1Cl. The van der Waals surface area contributed by atoms with Crippen LogP contribution in [0, 0.1) is 11.8 Å². The number of aromatic nitrogens is 1. The van der Waals surface area contributed by atoms with Gasteiger partial charge in [0, 0.05) is 6.04 Å². The Kier molecular flexibility index (Phi) is 6.77. The first-order valence-corrected chi connectivity index (χ1v) is 9.17. The summed E-state index contributed by atoms with van der Waals surface area (Å²) in [5, 5.41) is 2.80. The summed E-state index contributed by atoms with van der Waals surface area (Å²) in [6.07, 6.45) is 3.16. The number of nitrogens with one attached hydrogen (secondary N) is 2. The van der Waals surface area contributed by atoms with Gasteiger partial charge in [0.15, 0.2) is 6.61 Å².